The van der Waals surface area contributed by atoms with E-state index < -0.39 is 8.32 Å². The average Bonchev–Trinajstić information content (AvgIpc) is 3.26. The van der Waals surface area contributed by atoms with Crippen molar-refractivity contribution in [2.75, 3.05) is 21.3 Å². The van der Waals surface area contributed by atoms with E-state index in [1.807, 2.05) is 12.1 Å². The van der Waals surface area contributed by atoms with Crippen LogP contribution in [0, 0.1) is 6.92 Å². The Morgan fingerprint density at radius 2 is 1.54 bits per heavy atom. The van der Waals surface area contributed by atoms with Crippen LogP contribution in [0.3, 0.4) is 0 Å². The summed E-state index contributed by atoms with van der Waals surface area (Å²) in [7, 11) is 2.83. The van der Waals surface area contributed by atoms with Gasteiger partial charge in [-0.05, 0) is 64.9 Å². The summed E-state index contributed by atoms with van der Waals surface area (Å²) in [5, 5.41) is 1.50. The lowest BCUT2D eigenvalue weighted by atomic mass is 9.99. The maximum absolute atomic E-state index is 6.83. The summed E-state index contributed by atoms with van der Waals surface area (Å²) >= 11 is 0. The molecule has 0 saturated heterocycles. The van der Waals surface area contributed by atoms with Crippen molar-refractivity contribution in [1.82, 2.24) is 4.98 Å². The van der Waals surface area contributed by atoms with Crippen molar-refractivity contribution in [3.63, 3.8) is 0 Å². The standard InChI is InChI=1S/C29H45NO4Si/c1-10-11-12-13-14-24-29-23(18-34-35(29,19(2)3)20(4)5)21(6)25(30-24)15-22-16-26(31-7)28(33-9)27(17-22)32-8/h16-17,19-20H,10-15,18H2,1-9H3. The topological polar surface area (TPSA) is 49.8 Å². The molecule has 2 heterocycles. The first-order valence-electron chi connectivity index (χ1n) is 13.2. The number of fused-ring (bicyclic) bond motifs is 1. The van der Waals surface area contributed by atoms with Crippen LogP contribution in [0.2, 0.25) is 11.1 Å². The molecular formula is C29H45NO4Si. The van der Waals surface area contributed by atoms with Crippen LogP contribution >= 0.6 is 0 Å². The largest absolute Gasteiger partial charge is 0.493 e. The van der Waals surface area contributed by atoms with E-state index in [2.05, 4.69) is 41.5 Å². The van der Waals surface area contributed by atoms with Gasteiger partial charge in [0.2, 0.25) is 14.1 Å². The molecule has 194 valence electrons. The van der Waals surface area contributed by atoms with Crippen molar-refractivity contribution >= 4 is 13.5 Å². The molecule has 0 bridgehead atoms. The molecule has 0 spiro atoms. The first-order chi connectivity index (χ1) is 16.7. The Morgan fingerprint density at radius 3 is 2.06 bits per heavy atom. The van der Waals surface area contributed by atoms with Crippen molar-refractivity contribution in [3.05, 3.63) is 40.2 Å². The fraction of sp³-hybridized carbons (Fsp3) is 0.621. The maximum atomic E-state index is 6.83. The van der Waals surface area contributed by atoms with Crippen molar-refractivity contribution in [1.29, 1.82) is 0 Å². The van der Waals surface area contributed by atoms with Crippen LogP contribution in [0.5, 0.6) is 17.2 Å². The second-order valence-corrected chi connectivity index (χ2v) is 15.1. The number of hydrogen-bond acceptors (Lipinski definition) is 5. The van der Waals surface area contributed by atoms with Gasteiger partial charge < -0.3 is 18.6 Å². The molecule has 5 nitrogen and oxygen atoms in total. The number of rotatable bonds is 12. The average molecular weight is 500 g/mol. The predicted molar refractivity (Wildman–Crippen MR) is 146 cm³/mol. The van der Waals surface area contributed by atoms with Crippen molar-refractivity contribution < 1.29 is 18.6 Å². The van der Waals surface area contributed by atoms with Crippen molar-refractivity contribution in [2.45, 2.75) is 97.8 Å². The Labute approximate surface area is 213 Å². The minimum absolute atomic E-state index is 0.514. The zero-order valence-corrected chi connectivity index (χ0v) is 24.3. The van der Waals surface area contributed by atoms with Crippen LogP contribution < -0.4 is 19.4 Å². The van der Waals surface area contributed by atoms with Crippen LogP contribution in [0.4, 0.5) is 0 Å². The maximum Gasteiger partial charge on any atom is 0.231 e. The lowest BCUT2D eigenvalue weighted by Gasteiger charge is -2.36. The van der Waals surface area contributed by atoms with E-state index >= 15 is 0 Å². The number of benzene rings is 1. The minimum atomic E-state index is -2.13. The number of ether oxygens (including phenoxy) is 3. The van der Waals surface area contributed by atoms with Crippen molar-refractivity contribution in [3.8, 4) is 17.2 Å². The fourth-order valence-electron chi connectivity index (χ4n) is 5.82. The highest BCUT2D eigenvalue weighted by molar-refractivity contribution is 6.90. The second-order valence-electron chi connectivity index (χ2n) is 10.4. The molecule has 0 amide bonds. The molecule has 35 heavy (non-hydrogen) atoms. The molecular weight excluding hydrogens is 454 g/mol. The van der Waals surface area contributed by atoms with Crippen LogP contribution in [-0.4, -0.2) is 34.6 Å². The van der Waals surface area contributed by atoms with Gasteiger partial charge in [-0.15, -0.1) is 0 Å². The zero-order valence-electron chi connectivity index (χ0n) is 23.3. The number of aryl methyl sites for hydroxylation is 1. The molecule has 0 unspecified atom stereocenters. The van der Waals surface area contributed by atoms with E-state index in [9.17, 15) is 0 Å². The molecule has 2 aromatic rings. The molecule has 1 aliphatic rings. The lowest BCUT2D eigenvalue weighted by molar-refractivity contribution is 0.299. The summed E-state index contributed by atoms with van der Waals surface area (Å²) < 4.78 is 23.6. The molecule has 1 aliphatic heterocycles. The first-order valence-corrected chi connectivity index (χ1v) is 15.3. The Hall–Kier alpha value is -2.05. The van der Waals surface area contributed by atoms with Gasteiger partial charge in [-0.2, -0.15) is 0 Å². The van der Waals surface area contributed by atoms with E-state index in [1.54, 1.807) is 21.3 Å². The smallest absolute Gasteiger partial charge is 0.231 e. The van der Waals surface area contributed by atoms with E-state index in [-0.39, 0.29) is 0 Å². The highest BCUT2D eigenvalue weighted by atomic mass is 28.4. The number of unbranched alkanes of at least 4 members (excludes halogenated alkanes) is 3. The van der Waals surface area contributed by atoms with Crippen LogP contribution in [0.25, 0.3) is 0 Å². The SMILES string of the molecule is CCCCCCc1nc(Cc2cc(OC)c(OC)c(OC)c2)c(C)c2c1[Si](C(C)C)(C(C)C)OC2. The van der Waals surface area contributed by atoms with Crippen LogP contribution in [0.15, 0.2) is 12.1 Å². The van der Waals surface area contributed by atoms with E-state index in [4.69, 9.17) is 23.6 Å². The van der Waals surface area contributed by atoms with Gasteiger partial charge in [-0.25, -0.2) is 0 Å². The summed E-state index contributed by atoms with van der Waals surface area (Å²) in [5.74, 6) is 1.97. The third-order valence-corrected chi connectivity index (χ3v) is 13.1. The normalized spacial score (nSPS) is 14.5. The number of nitrogens with zero attached hydrogens (tertiary/aromatic N) is 1. The number of pyridine rings is 1. The fourth-order valence-corrected chi connectivity index (χ4v) is 10.9. The van der Waals surface area contributed by atoms with Gasteiger partial charge in [-0.1, -0.05) is 53.9 Å². The third-order valence-electron chi connectivity index (χ3n) is 7.67. The third kappa shape index (κ3) is 5.24. The quantitative estimate of drug-likeness (QED) is 0.242. The lowest BCUT2D eigenvalue weighted by Crippen LogP contribution is -2.54. The minimum Gasteiger partial charge on any atom is -0.493 e. The molecule has 1 aromatic carbocycles. The molecule has 0 fully saturated rings. The highest BCUT2D eigenvalue weighted by Gasteiger charge is 2.51. The molecule has 3 rings (SSSR count). The molecule has 0 saturated carbocycles. The second kappa shape index (κ2) is 11.8. The molecule has 0 aliphatic carbocycles. The van der Waals surface area contributed by atoms with Gasteiger partial charge in [0.15, 0.2) is 11.5 Å². The summed E-state index contributed by atoms with van der Waals surface area (Å²) in [6, 6.07) is 4.07. The summed E-state index contributed by atoms with van der Waals surface area (Å²) in [6.45, 7) is 14.6. The number of methoxy groups -OCH3 is 3. The van der Waals surface area contributed by atoms with Crippen LogP contribution in [0.1, 0.15) is 88.4 Å². The predicted octanol–water partition coefficient (Wildman–Crippen LogP) is 6.63. The number of hydrogen-bond donors (Lipinski definition) is 0. The van der Waals surface area contributed by atoms with Crippen LogP contribution in [-0.2, 0) is 23.9 Å². The van der Waals surface area contributed by atoms with Gasteiger partial charge >= 0.3 is 0 Å². The molecule has 6 heteroatoms. The van der Waals surface area contributed by atoms with Gasteiger partial charge in [0.05, 0.1) is 27.9 Å². The monoisotopic (exact) mass is 499 g/mol. The molecule has 0 radical (unpaired) electrons. The summed E-state index contributed by atoms with van der Waals surface area (Å²) in [6.07, 6.45) is 6.70. The summed E-state index contributed by atoms with van der Waals surface area (Å²) in [4.78, 5) is 5.39. The Kier molecular flexibility index (Phi) is 9.27. The first kappa shape index (κ1) is 27.5. The van der Waals surface area contributed by atoms with Gasteiger partial charge in [0.25, 0.3) is 0 Å². The van der Waals surface area contributed by atoms with E-state index in [0.717, 1.165) is 30.7 Å². The van der Waals surface area contributed by atoms with Gasteiger partial charge in [0.1, 0.15) is 0 Å². The van der Waals surface area contributed by atoms with E-state index in [0.29, 0.717) is 28.3 Å². The van der Waals surface area contributed by atoms with Gasteiger partial charge in [0, 0.05) is 17.8 Å². The molecule has 1 aromatic heterocycles. The van der Waals surface area contributed by atoms with Crippen molar-refractivity contribution in [2.24, 2.45) is 0 Å². The van der Waals surface area contributed by atoms with Gasteiger partial charge in [-0.3, -0.25) is 4.98 Å². The number of aromatic nitrogens is 1. The Bertz CT molecular complexity index is 985. The highest BCUT2D eigenvalue weighted by Crippen LogP contribution is 2.42. The van der Waals surface area contributed by atoms with E-state index in [1.165, 1.54) is 47.7 Å². The molecule has 0 atom stereocenters. The Balaban J connectivity index is 2.11. The molecule has 0 N–H and O–H groups in total. The zero-order chi connectivity index (χ0) is 25.8. The Morgan fingerprint density at radius 1 is 0.914 bits per heavy atom. The summed E-state index contributed by atoms with van der Waals surface area (Å²) in [5.41, 5.74) is 7.23.